The fourth-order valence-corrected chi connectivity index (χ4v) is 5.12. The van der Waals surface area contributed by atoms with Gasteiger partial charge in [0.2, 0.25) is 5.91 Å². The zero-order chi connectivity index (χ0) is 26.7. The van der Waals surface area contributed by atoms with Crippen molar-refractivity contribution in [1.29, 1.82) is 0 Å². The van der Waals surface area contributed by atoms with Crippen LogP contribution in [0.2, 0.25) is 0 Å². The van der Waals surface area contributed by atoms with Crippen LogP contribution in [0.4, 0.5) is 14.5 Å². The van der Waals surface area contributed by atoms with Crippen molar-refractivity contribution in [1.82, 2.24) is 15.1 Å². The maximum atomic E-state index is 14.8. The maximum Gasteiger partial charge on any atom is 0.258 e. The number of anilines is 1. The number of amides is 2. The van der Waals surface area contributed by atoms with Crippen LogP contribution in [0.15, 0.2) is 66.7 Å². The van der Waals surface area contributed by atoms with E-state index in [-0.39, 0.29) is 22.8 Å². The molecule has 0 aromatic heterocycles. The zero-order valence-electron chi connectivity index (χ0n) is 21.5. The van der Waals surface area contributed by atoms with Gasteiger partial charge in [0, 0.05) is 31.9 Å². The Morgan fingerprint density at radius 1 is 0.868 bits per heavy atom. The molecule has 0 atom stereocenters. The van der Waals surface area contributed by atoms with E-state index in [0.717, 1.165) is 51.0 Å². The number of nitrogens with zero attached hydrogens (tertiary/aromatic N) is 2. The SMILES string of the molecule is CN1CCN(CC(=O)NC2(c3ccc(NC(=O)c4ccc(-c5ccc(F)cc5)cc4F)cc3)CCC2)CC1. The van der Waals surface area contributed by atoms with Crippen molar-refractivity contribution < 1.29 is 18.4 Å². The first kappa shape index (κ1) is 26.0. The highest BCUT2D eigenvalue weighted by molar-refractivity contribution is 6.04. The number of nitrogens with one attached hydrogen (secondary N) is 2. The molecule has 1 saturated heterocycles. The molecule has 1 aliphatic heterocycles. The van der Waals surface area contributed by atoms with E-state index in [9.17, 15) is 18.4 Å². The third-order valence-electron chi connectivity index (χ3n) is 7.64. The van der Waals surface area contributed by atoms with Gasteiger partial charge in [0.15, 0.2) is 0 Å². The molecule has 2 N–H and O–H groups in total. The Morgan fingerprint density at radius 3 is 2.13 bits per heavy atom. The van der Waals surface area contributed by atoms with Gasteiger partial charge in [-0.3, -0.25) is 14.5 Å². The molecule has 0 spiro atoms. The first-order valence-electron chi connectivity index (χ1n) is 13.0. The molecule has 1 aliphatic carbocycles. The molecule has 6 nitrogen and oxygen atoms in total. The topological polar surface area (TPSA) is 64.7 Å². The van der Waals surface area contributed by atoms with Crippen LogP contribution >= 0.6 is 0 Å². The zero-order valence-corrected chi connectivity index (χ0v) is 21.5. The molecule has 3 aromatic rings. The van der Waals surface area contributed by atoms with E-state index in [0.29, 0.717) is 23.4 Å². The second-order valence-corrected chi connectivity index (χ2v) is 10.3. The summed E-state index contributed by atoms with van der Waals surface area (Å²) in [6.07, 6.45) is 2.79. The summed E-state index contributed by atoms with van der Waals surface area (Å²) in [6, 6.07) is 17.5. The molecular formula is C30H32F2N4O2. The minimum absolute atomic E-state index is 0.0335. The highest BCUT2D eigenvalue weighted by Gasteiger charge is 2.40. The summed E-state index contributed by atoms with van der Waals surface area (Å²) in [5.41, 5.74) is 2.31. The lowest BCUT2D eigenvalue weighted by Gasteiger charge is -2.44. The summed E-state index contributed by atoms with van der Waals surface area (Å²) in [6.45, 7) is 4.11. The predicted octanol–water partition coefficient (Wildman–Crippen LogP) is 4.63. The number of carbonyl (C=O) groups excluding carboxylic acids is 2. The molecule has 0 radical (unpaired) electrons. The Bertz CT molecular complexity index is 1300. The third kappa shape index (κ3) is 5.76. The molecule has 0 bridgehead atoms. The summed E-state index contributed by atoms with van der Waals surface area (Å²) in [5.74, 6) is -1.55. The Hall–Kier alpha value is -3.62. The lowest BCUT2D eigenvalue weighted by molar-refractivity contribution is -0.125. The van der Waals surface area contributed by atoms with Crippen LogP contribution in [0.5, 0.6) is 0 Å². The number of likely N-dealkylation sites (N-methyl/N-ethyl adjacent to an activating group) is 1. The number of carbonyl (C=O) groups is 2. The summed E-state index contributed by atoms with van der Waals surface area (Å²) < 4.78 is 27.9. The van der Waals surface area contributed by atoms with Crippen LogP contribution in [0.25, 0.3) is 11.1 Å². The highest BCUT2D eigenvalue weighted by atomic mass is 19.1. The standard InChI is InChI=1S/C30H32F2N4O2/c1-35-15-17-36(18-16-35)20-28(37)34-30(13-2-14-30)23-6-10-25(11-7-23)33-29(38)26-12-5-22(19-27(26)32)21-3-8-24(31)9-4-21/h3-12,19H,2,13-18,20H2,1H3,(H,33,38)(H,34,37). The number of piperazine rings is 1. The number of halogens is 2. The summed E-state index contributed by atoms with van der Waals surface area (Å²) in [7, 11) is 2.09. The largest absolute Gasteiger partial charge is 0.345 e. The number of hydrogen-bond donors (Lipinski definition) is 2. The van der Waals surface area contributed by atoms with Crippen LogP contribution in [0.1, 0.15) is 35.2 Å². The fraction of sp³-hybridized carbons (Fsp3) is 0.333. The van der Waals surface area contributed by atoms with Gasteiger partial charge < -0.3 is 15.5 Å². The molecule has 3 aromatic carbocycles. The van der Waals surface area contributed by atoms with E-state index < -0.39 is 11.7 Å². The van der Waals surface area contributed by atoms with Crippen LogP contribution in [0, 0.1) is 11.6 Å². The first-order chi connectivity index (χ1) is 18.3. The smallest absolute Gasteiger partial charge is 0.258 e. The Morgan fingerprint density at radius 2 is 1.53 bits per heavy atom. The van der Waals surface area contributed by atoms with Crippen molar-refractivity contribution >= 4 is 17.5 Å². The van der Waals surface area contributed by atoms with E-state index in [4.69, 9.17) is 0 Å². The fourth-order valence-electron chi connectivity index (χ4n) is 5.12. The maximum absolute atomic E-state index is 14.8. The van der Waals surface area contributed by atoms with Crippen molar-refractivity contribution in [2.45, 2.75) is 24.8 Å². The van der Waals surface area contributed by atoms with Gasteiger partial charge >= 0.3 is 0 Å². The lowest BCUT2D eigenvalue weighted by Crippen LogP contribution is -2.55. The molecule has 8 heteroatoms. The molecule has 38 heavy (non-hydrogen) atoms. The van der Waals surface area contributed by atoms with Crippen LogP contribution in [-0.2, 0) is 10.3 Å². The molecule has 0 unspecified atom stereocenters. The molecule has 2 aliphatic rings. The Kier molecular flexibility index (Phi) is 7.53. The number of rotatable bonds is 7. The molecule has 1 heterocycles. The highest BCUT2D eigenvalue weighted by Crippen LogP contribution is 2.41. The minimum atomic E-state index is -0.655. The molecule has 5 rings (SSSR count). The van der Waals surface area contributed by atoms with Gasteiger partial charge in [0.05, 0.1) is 17.6 Å². The Balaban J connectivity index is 1.21. The van der Waals surface area contributed by atoms with Gasteiger partial charge in [-0.1, -0.05) is 30.3 Å². The van der Waals surface area contributed by atoms with Crippen LogP contribution in [0.3, 0.4) is 0 Å². The van der Waals surface area contributed by atoms with Crippen molar-refractivity contribution in [3.05, 3.63) is 89.5 Å². The van der Waals surface area contributed by atoms with E-state index in [1.807, 2.05) is 12.1 Å². The average Bonchev–Trinajstić information content (AvgIpc) is 2.88. The van der Waals surface area contributed by atoms with E-state index in [1.165, 1.54) is 24.3 Å². The van der Waals surface area contributed by atoms with Gasteiger partial charge in [-0.05, 0) is 79.4 Å². The molecule has 1 saturated carbocycles. The molecule has 2 amide bonds. The number of benzene rings is 3. The summed E-state index contributed by atoms with van der Waals surface area (Å²) >= 11 is 0. The van der Waals surface area contributed by atoms with Crippen molar-refractivity contribution in [3.8, 4) is 11.1 Å². The van der Waals surface area contributed by atoms with Crippen molar-refractivity contribution in [3.63, 3.8) is 0 Å². The van der Waals surface area contributed by atoms with Gasteiger partial charge in [-0.15, -0.1) is 0 Å². The van der Waals surface area contributed by atoms with Crippen LogP contribution in [-0.4, -0.2) is 61.4 Å². The van der Waals surface area contributed by atoms with E-state index >= 15 is 0 Å². The quantitative estimate of drug-likeness (QED) is 0.479. The van der Waals surface area contributed by atoms with Gasteiger partial charge in [-0.25, -0.2) is 8.78 Å². The third-order valence-corrected chi connectivity index (χ3v) is 7.64. The van der Waals surface area contributed by atoms with Gasteiger partial charge in [0.25, 0.3) is 5.91 Å². The monoisotopic (exact) mass is 518 g/mol. The summed E-state index contributed by atoms with van der Waals surface area (Å²) in [4.78, 5) is 30.0. The van der Waals surface area contributed by atoms with Gasteiger partial charge in [0.1, 0.15) is 11.6 Å². The number of hydrogen-bond acceptors (Lipinski definition) is 4. The minimum Gasteiger partial charge on any atom is -0.345 e. The van der Waals surface area contributed by atoms with Crippen molar-refractivity contribution in [2.75, 3.05) is 45.1 Å². The second-order valence-electron chi connectivity index (χ2n) is 10.3. The Labute approximate surface area is 221 Å². The normalized spacial score (nSPS) is 17.4. The predicted molar refractivity (Wildman–Crippen MR) is 144 cm³/mol. The van der Waals surface area contributed by atoms with E-state index in [1.54, 1.807) is 30.3 Å². The van der Waals surface area contributed by atoms with Crippen LogP contribution < -0.4 is 10.6 Å². The van der Waals surface area contributed by atoms with Crippen molar-refractivity contribution in [2.24, 2.45) is 0 Å². The second kappa shape index (κ2) is 11.0. The summed E-state index contributed by atoms with van der Waals surface area (Å²) in [5, 5.41) is 6.02. The molecule has 198 valence electrons. The van der Waals surface area contributed by atoms with E-state index in [2.05, 4.69) is 27.5 Å². The molecule has 2 fully saturated rings. The molecular weight excluding hydrogens is 486 g/mol. The lowest BCUT2D eigenvalue weighted by atomic mass is 9.71. The first-order valence-corrected chi connectivity index (χ1v) is 13.0. The average molecular weight is 519 g/mol. The van der Waals surface area contributed by atoms with Gasteiger partial charge in [-0.2, -0.15) is 0 Å².